The average Bonchev–Trinajstić information content (AvgIpc) is 2.36. The van der Waals surface area contributed by atoms with Gasteiger partial charge in [0.2, 0.25) is 0 Å². The zero-order valence-electron chi connectivity index (χ0n) is 11.0. The van der Waals surface area contributed by atoms with E-state index >= 15 is 0 Å². The van der Waals surface area contributed by atoms with Gasteiger partial charge in [0, 0.05) is 12.8 Å². The molecular formula is C13H21N3O2. The van der Waals surface area contributed by atoms with Crippen molar-refractivity contribution < 1.29 is 9.47 Å². The van der Waals surface area contributed by atoms with Crippen LogP contribution in [0.25, 0.3) is 0 Å². The van der Waals surface area contributed by atoms with Gasteiger partial charge in [-0.05, 0) is 19.1 Å². The first kappa shape index (κ1) is 14.5. The monoisotopic (exact) mass is 251 g/mol. The summed E-state index contributed by atoms with van der Waals surface area (Å²) in [5.41, 5.74) is 7.89. The van der Waals surface area contributed by atoms with Crippen molar-refractivity contribution >= 4 is 11.6 Å². The van der Waals surface area contributed by atoms with E-state index in [2.05, 4.69) is 10.3 Å². The normalized spacial score (nSPS) is 11.6. The first-order valence-corrected chi connectivity index (χ1v) is 5.92. The van der Waals surface area contributed by atoms with Gasteiger partial charge in [-0.15, -0.1) is 0 Å². The maximum absolute atomic E-state index is 5.74. The predicted molar refractivity (Wildman–Crippen MR) is 74.0 cm³/mol. The summed E-state index contributed by atoms with van der Waals surface area (Å²) in [6, 6.07) is 7.96. The molecule has 0 saturated carbocycles. The maximum atomic E-state index is 5.74. The van der Waals surface area contributed by atoms with Gasteiger partial charge < -0.3 is 20.5 Å². The lowest BCUT2D eigenvalue weighted by Gasteiger charge is -2.06. The number of aryl methyl sites for hydroxylation is 1. The lowest BCUT2D eigenvalue weighted by molar-refractivity contribution is 0.0748. The topological polar surface area (TPSA) is 68.9 Å². The molecule has 100 valence electrons. The van der Waals surface area contributed by atoms with Gasteiger partial charge in [0.25, 0.3) is 0 Å². The largest absolute Gasteiger partial charge is 0.382 e. The second kappa shape index (κ2) is 8.49. The third kappa shape index (κ3) is 6.22. The summed E-state index contributed by atoms with van der Waals surface area (Å²) in [6.07, 6.45) is 0. The van der Waals surface area contributed by atoms with Gasteiger partial charge in [-0.25, -0.2) is 0 Å². The van der Waals surface area contributed by atoms with Crippen LogP contribution < -0.4 is 11.1 Å². The van der Waals surface area contributed by atoms with Crippen LogP contribution in [0.5, 0.6) is 0 Å². The fourth-order valence-corrected chi connectivity index (χ4v) is 1.30. The third-order valence-corrected chi connectivity index (χ3v) is 2.27. The molecule has 0 aliphatic rings. The number of hydrogen-bond acceptors (Lipinski definition) is 3. The molecule has 0 radical (unpaired) electrons. The number of methoxy groups -OCH3 is 1. The quantitative estimate of drug-likeness (QED) is 0.436. The summed E-state index contributed by atoms with van der Waals surface area (Å²) in [7, 11) is 1.64. The molecule has 0 heterocycles. The molecule has 0 spiro atoms. The number of guanidine groups is 1. The number of benzene rings is 1. The van der Waals surface area contributed by atoms with Crippen LogP contribution in [0, 0.1) is 6.92 Å². The van der Waals surface area contributed by atoms with Gasteiger partial charge >= 0.3 is 0 Å². The number of anilines is 1. The maximum Gasteiger partial charge on any atom is 0.193 e. The molecule has 1 aromatic carbocycles. The number of hydrogen-bond donors (Lipinski definition) is 2. The van der Waals surface area contributed by atoms with E-state index < -0.39 is 0 Å². The number of rotatable bonds is 7. The standard InChI is InChI=1S/C13H21N3O2/c1-11-3-5-12(6-4-11)16-13(14)15-7-8-18-10-9-17-2/h3-6H,7-10H2,1-2H3,(H3,14,15,16). The van der Waals surface area contributed by atoms with E-state index in [0.717, 1.165) is 5.69 Å². The van der Waals surface area contributed by atoms with Crippen LogP contribution in [-0.4, -0.2) is 39.4 Å². The van der Waals surface area contributed by atoms with E-state index in [1.54, 1.807) is 7.11 Å². The summed E-state index contributed by atoms with van der Waals surface area (Å²) in [5.74, 6) is 0.397. The lowest BCUT2D eigenvalue weighted by atomic mass is 10.2. The fourth-order valence-electron chi connectivity index (χ4n) is 1.30. The van der Waals surface area contributed by atoms with Crippen LogP contribution in [0.4, 0.5) is 5.69 Å². The molecule has 0 fully saturated rings. The van der Waals surface area contributed by atoms with Crippen molar-refractivity contribution in [1.29, 1.82) is 0 Å². The van der Waals surface area contributed by atoms with Gasteiger partial charge in [-0.1, -0.05) is 17.7 Å². The predicted octanol–water partition coefficient (Wildman–Crippen LogP) is 1.38. The summed E-state index contributed by atoms with van der Waals surface area (Å²) in [5, 5.41) is 3.02. The van der Waals surface area contributed by atoms with Crippen LogP contribution in [-0.2, 0) is 9.47 Å². The van der Waals surface area contributed by atoms with Gasteiger partial charge in [-0.3, -0.25) is 4.99 Å². The zero-order chi connectivity index (χ0) is 13.2. The smallest absolute Gasteiger partial charge is 0.193 e. The first-order chi connectivity index (χ1) is 8.72. The molecule has 0 saturated heterocycles. The Hall–Kier alpha value is -1.59. The Balaban J connectivity index is 2.23. The van der Waals surface area contributed by atoms with Crippen LogP contribution in [0.2, 0.25) is 0 Å². The van der Waals surface area contributed by atoms with E-state index in [-0.39, 0.29) is 0 Å². The van der Waals surface area contributed by atoms with Crippen molar-refractivity contribution in [3.63, 3.8) is 0 Å². The van der Waals surface area contributed by atoms with E-state index in [1.165, 1.54) is 5.56 Å². The molecule has 0 bridgehead atoms. The Morgan fingerprint density at radius 1 is 1.22 bits per heavy atom. The van der Waals surface area contributed by atoms with Crippen molar-refractivity contribution in [1.82, 2.24) is 0 Å². The SMILES string of the molecule is COCCOCCN=C(N)Nc1ccc(C)cc1. The van der Waals surface area contributed by atoms with E-state index in [1.807, 2.05) is 31.2 Å². The molecule has 18 heavy (non-hydrogen) atoms. The molecule has 0 aliphatic heterocycles. The van der Waals surface area contributed by atoms with Crippen molar-refractivity contribution in [2.24, 2.45) is 10.7 Å². The second-order valence-electron chi connectivity index (χ2n) is 3.86. The summed E-state index contributed by atoms with van der Waals surface area (Å²) in [4.78, 5) is 4.16. The molecule has 5 nitrogen and oxygen atoms in total. The highest BCUT2D eigenvalue weighted by Crippen LogP contribution is 2.07. The van der Waals surface area contributed by atoms with Crippen LogP contribution >= 0.6 is 0 Å². The molecule has 5 heteroatoms. The number of ether oxygens (including phenoxy) is 2. The third-order valence-electron chi connectivity index (χ3n) is 2.27. The Labute approximate surface area is 108 Å². The van der Waals surface area contributed by atoms with Gasteiger partial charge in [-0.2, -0.15) is 0 Å². The molecule has 0 aliphatic carbocycles. The highest BCUT2D eigenvalue weighted by molar-refractivity contribution is 5.92. The Kier molecular flexibility index (Phi) is 6.83. The fraction of sp³-hybridized carbons (Fsp3) is 0.462. The van der Waals surface area contributed by atoms with Crippen molar-refractivity contribution in [3.8, 4) is 0 Å². The van der Waals surface area contributed by atoms with Crippen LogP contribution in [0.1, 0.15) is 5.56 Å². The van der Waals surface area contributed by atoms with Crippen molar-refractivity contribution in [2.45, 2.75) is 6.92 Å². The first-order valence-electron chi connectivity index (χ1n) is 5.92. The van der Waals surface area contributed by atoms with Gasteiger partial charge in [0.05, 0.1) is 26.4 Å². The molecule has 0 amide bonds. The summed E-state index contributed by atoms with van der Waals surface area (Å²) >= 11 is 0. The van der Waals surface area contributed by atoms with E-state index in [0.29, 0.717) is 32.3 Å². The molecule has 3 N–H and O–H groups in total. The summed E-state index contributed by atoms with van der Waals surface area (Å²) < 4.78 is 10.1. The summed E-state index contributed by atoms with van der Waals surface area (Å²) in [6.45, 7) is 4.30. The molecule has 1 rings (SSSR count). The number of nitrogens with zero attached hydrogens (tertiary/aromatic N) is 1. The van der Waals surface area contributed by atoms with E-state index in [4.69, 9.17) is 15.2 Å². The van der Waals surface area contributed by atoms with Crippen LogP contribution in [0.15, 0.2) is 29.3 Å². The molecule has 0 unspecified atom stereocenters. The zero-order valence-corrected chi connectivity index (χ0v) is 11.0. The Morgan fingerprint density at radius 3 is 2.61 bits per heavy atom. The number of nitrogens with one attached hydrogen (secondary N) is 1. The van der Waals surface area contributed by atoms with Crippen molar-refractivity contribution in [3.05, 3.63) is 29.8 Å². The highest BCUT2D eigenvalue weighted by Gasteiger charge is 1.94. The Morgan fingerprint density at radius 2 is 1.94 bits per heavy atom. The van der Waals surface area contributed by atoms with Gasteiger partial charge in [0.15, 0.2) is 5.96 Å². The highest BCUT2D eigenvalue weighted by atomic mass is 16.5. The van der Waals surface area contributed by atoms with Gasteiger partial charge in [0.1, 0.15) is 0 Å². The molecule has 0 atom stereocenters. The van der Waals surface area contributed by atoms with Crippen LogP contribution in [0.3, 0.4) is 0 Å². The molecular weight excluding hydrogens is 230 g/mol. The average molecular weight is 251 g/mol. The second-order valence-corrected chi connectivity index (χ2v) is 3.86. The molecule has 0 aromatic heterocycles. The minimum Gasteiger partial charge on any atom is -0.382 e. The minimum atomic E-state index is 0.397. The number of nitrogens with two attached hydrogens (primary N) is 1. The number of aliphatic imine (C=N–C) groups is 1. The molecule has 1 aromatic rings. The van der Waals surface area contributed by atoms with E-state index in [9.17, 15) is 0 Å². The Bertz CT molecular complexity index is 363. The minimum absolute atomic E-state index is 0.397. The van der Waals surface area contributed by atoms with Crippen molar-refractivity contribution in [2.75, 3.05) is 38.8 Å². The lowest BCUT2D eigenvalue weighted by Crippen LogP contribution is -2.23.